The third-order valence-electron chi connectivity index (χ3n) is 4.46. The first-order chi connectivity index (χ1) is 15.6. The maximum Gasteiger partial charge on any atom is 0.416 e. The van der Waals surface area contributed by atoms with E-state index in [1.165, 1.54) is 37.6 Å². The molecule has 10 heteroatoms. The molecule has 2 aromatic carbocycles. The first-order valence-electron chi connectivity index (χ1n) is 9.29. The van der Waals surface area contributed by atoms with E-state index < -0.39 is 34.6 Å². The quantitative estimate of drug-likeness (QED) is 0.157. The third-order valence-corrected chi connectivity index (χ3v) is 6.06. The van der Waals surface area contributed by atoms with E-state index in [-0.39, 0.29) is 16.3 Å². The predicted molar refractivity (Wildman–Crippen MR) is 116 cm³/mol. The number of pyridine rings is 1. The van der Waals surface area contributed by atoms with E-state index >= 15 is 0 Å². The van der Waals surface area contributed by atoms with Crippen molar-refractivity contribution >= 4 is 35.4 Å². The van der Waals surface area contributed by atoms with Gasteiger partial charge in [0, 0.05) is 22.7 Å². The van der Waals surface area contributed by atoms with E-state index in [4.69, 9.17) is 11.6 Å². The summed E-state index contributed by atoms with van der Waals surface area (Å²) < 4.78 is 71.9. The maximum absolute atomic E-state index is 14.7. The molecular weight excluding hydrogens is 485 g/mol. The van der Waals surface area contributed by atoms with E-state index in [9.17, 15) is 26.7 Å². The molecule has 1 atom stereocenters. The zero-order chi connectivity index (χ0) is 24.2. The smallest absolute Gasteiger partial charge is 0.416 e. The summed E-state index contributed by atoms with van der Waals surface area (Å²) in [5, 5.41) is -0.809. The Bertz CT molecular complexity index is 1180. The Labute approximate surface area is 195 Å². The number of halogens is 6. The molecular formula is C23H15ClF5NO2S. The second kappa shape index (κ2) is 10.4. The molecule has 172 valence electrons. The van der Waals surface area contributed by atoms with Gasteiger partial charge in [0.2, 0.25) is 0 Å². The van der Waals surface area contributed by atoms with Gasteiger partial charge >= 0.3 is 12.1 Å². The molecule has 0 amide bonds. The number of hydrogen-bond acceptors (Lipinski definition) is 4. The molecule has 0 aliphatic rings. The lowest BCUT2D eigenvalue weighted by Gasteiger charge is -2.20. The van der Waals surface area contributed by atoms with Crippen LogP contribution < -0.4 is 0 Å². The van der Waals surface area contributed by atoms with Gasteiger partial charge in [-0.2, -0.15) is 13.2 Å². The van der Waals surface area contributed by atoms with Crippen LogP contribution in [0.5, 0.6) is 0 Å². The van der Waals surface area contributed by atoms with E-state index in [0.29, 0.717) is 10.5 Å². The topological polar surface area (TPSA) is 39.2 Å². The highest BCUT2D eigenvalue weighted by molar-refractivity contribution is 7.99. The van der Waals surface area contributed by atoms with Gasteiger partial charge in [-0.25, -0.2) is 13.6 Å². The van der Waals surface area contributed by atoms with Crippen molar-refractivity contribution in [3.05, 3.63) is 99.8 Å². The van der Waals surface area contributed by atoms with Gasteiger partial charge in [-0.05, 0) is 60.2 Å². The monoisotopic (exact) mass is 499 g/mol. The summed E-state index contributed by atoms with van der Waals surface area (Å²) in [5.41, 5.74) is -0.284. The molecule has 0 saturated carbocycles. The Kier molecular flexibility index (Phi) is 7.76. The first kappa shape index (κ1) is 24.7. The van der Waals surface area contributed by atoms with Crippen molar-refractivity contribution in [3.63, 3.8) is 0 Å². The number of hydrogen-bond donors (Lipinski definition) is 0. The molecule has 0 fully saturated rings. The Morgan fingerprint density at radius 3 is 2.42 bits per heavy atom. The molecule has 1 unspecified atom stereocenters. The minimum absolute atomic E-state index is 0.0594. The Hall–Kier alpha value is -2.91. The zero-order valence-corrected chi connectivity index (χ0v) is 18.4. The SMILES string of the molecule is COC(=O)C=Cc1cc(C(Sc2ccc(C(F)(F)F)cc2)c2cc(F)ccc2F)c(Cl)cn1. The highest BCUT2D eigenvalue weighted by atomic mass is 35.5. The van der Waals surface area contributed by atoms with Crippen LogP contribution in [-0.2, 0) is 15.7 Å². The average Bonchev–Trinajstić information content (AvgIpc) is 2.78. The highest BCUT2D eigenvalue weighted by Crippen LogP contribution is 2.44. The Morgan fingerprint density at radius 2 is 1.79 bits per heavy atom. The minimum atomic E-state index is -4.51. The average molecular weight is 500 g/mol. The van der Waals surface area contributed by atoms with E-state index in [1.807, 2.05) is 0 Å². The van der Waals surface area contributed by atoms with Crippen molar-refractivity contribution in [2.75, 3.05) is 7.11 Å². The molecule has 1 heterocycles. The van der Waals surface area contributed by atoms with Crippen LogP contribution in [0.4, 0.5) is 22.0 Å². The van der Waals surface area contributed by atoms with E-state index in [0.717, 1.165) is 48.2 Å². The zero-order valence-electron chi connectivity index (χ0n) is 16.9. The minimum Gasteiger partial charge on any atom is -0.466 e. The molecule has 33 heavy (non-hydrogen) atoms. The molecule has 0 N–H and O–H groups in total. The standard InChI is InChI=1S/C23H15ClF5NO2S/c1-32-21(31)9-5-15-11-17(19(24)12-30-15)22(18-10-14(25)4-8-20(18)26)33-16-6-2-13(3-7-16)23(27,28)29/h2-12,22H,1H3. The second-order valence-corrected chi connectivity index (χ2v) is 8.26. The van der Waals surface area contributed by atoms with Crippen LogP contribution in [0, 0.1) is 11.6 Å². The lowest BCUT2D eigenvalue weighted by Crippen LogP contribution is -2.05. The van der Waals surface area contributed by atoms with Crippen molar-refractivity contribution in [1.29, 1.82) is 0 Å². The molecule has 3 rings (SSSR count). The van der Waals surface area contributed by atoms with Crippen LogP contribution >= 0.6 is 23.4 Å². The summed E-state index contributed by atoms with van der Waals surface area (Å²) in [5.74, 6) is -2.04. The molecule has 1 aromatic heterocycles. The van der Waals surface area contributed by atoms with E-state index in [1.54, 1.807) is 0 Å². The molecule has 0 saturated heterocycles. The number of alkyl halides is 3. The first-order valence-corrected chi connectivity index (χ1v) is 10.5. The Morgan fingerprint density at radius 1 is 1.09 bits per heavy atom. The van der Waals surface area contributed by atoms with Crippen LogP contribution in [0.2, 0.25) is 5.02 Å². The number of carbonyl (C=O) groups excluding carboxylic acids is 1. The second-order valence-electron chi connectivity index (χ2n) is 6.67. The lowest BCUT2D eigenvalue weighted by atomic mass is 10.0. The van der Waals surface area contributed by atoms with Gasteiger partial charge in [-0.1, -0.05) is 11.6 Å². The van der Waals surface area contributed by atoms with Gasteiger partial charge in [-0.15, -0.1) is 11.8 Å². The van der Waals surface area contributed by atoms with Crippen molar-refractivity contribution < 1.29 is 31.5 Å². The Balaban J connectivity index is 2.07. The van der Waals surface area contributed by atoms with Crippen LogP contribution in [-0.4, -0.2) is 18.1 Å². The number of benzene rings is 2. The fourth-order valence-corrected chi connectivity index (χ4v) is 4.33. The lowest BCUT2D eigenvalue weighted by molar-refractivity contribution is -0.137. The van der Waals surface area contributed by atoms with Crippen molar-refractivity contribution in [2.24, 2.45) is 0 Å². The van der Waals surface area contributed by atoms with Gasteiger partial charge in [0.15, 0.2) is 0 Å². The molecule has 3 nitrogen and oxygen atoms in total. The van der Waals surface area contributed by atoms with Crippen molar-refractivity contribution in [3.8, 4) is 0 Å². The summed E-state index contributed by atoms with van der Waals surface area (Å²) in [6.45, 7) is 0. The number of nitrogens with zero attached hydrogens (tertiary/aromatic N) is 1. The molecule has 3 aromatic rings. The number of ether oxygens (including phenoxy) is 1. The molecule has 0 aliphatic carbocycles. The number of aromatic nitrogens is 1. The summed E-state index contributed by atoms with van der Waals surface area (Å²) in [6.07, 6.45) is -0.744. The highest BCUT2D eigenvalue weighted by Gasteiger charge is 2.30. The fourth-order valence-electron chi connectivity index (χ4n) is 2.85. The third kappa shape index (κ3) is 6.33. The summed E-state index contributed by atoms with van der Waals surface area (Å²) in [7, 11) is 1.21. The maximum atomic E-state index is 14.7. The number of esters is 1. The largest absolute Gasteiger partial charge is 0.466 e. The van der Waals surface area contributed by atoms with Gasteiger partial charge in [0.25, 0.3) is 0 Å². The number of methoxy groups -OCH3 is 1. The molecule has 0 bridgehead atoms. The van der Waals surface area contributed by atoms with Crippen LogP contribution in [0.1, 0.15) is 27.6 Å². The number of rotatable bonds is 6. The van der Waals surface area contributed by atoms with Gasteiger partial charge in [-0.3, -0.25) is 4.98 Å². The normalized spacial score (nSPS) is 12.7. The van der Waals surface area contributed by atoms with Gasteiger partial charge in [0.1, 0.15) is 11.6 Å². The fraction of sp³-hybridized carbons (Fsp3) is 0.130. The van der Waals surface area contributed by atoms with Crippen LogP contribution in [0.25, 0.3) is 6.08 Å². The molecule has 0 spiro atoms. The molecule has 0 radical (unpaired) electrons. The van der Waals surface area contributed by atoms with Gasteiger partial charge < -0.3 is 4.74 Å². The summed E-state index contributed by atoms with van der Waals surface area (Å²) in [6, 6.07) is 8.68. The number of carbonyl (C=O) groups is 1. The van der Waals surface area contributed by atoms with Crippen molar-refractivity contribution in [2.45, 2.75) is 16.3 Å². The summed E-state index contributed by atoms with van der Waals surface area (Å²) >= 11 is 7.30. The van der Waals surface area contributed by atoms with Crippen LogP contribution in [0.15, 0.2) is 65.7 Å². The van der Waals surface area contributed by atoms with Crippen LogP contribution in [0.3, 0.4) is 0 Å². The molecule has 0 aliphatic heterocycles. The van der Waals surface area contributed by atoms with Gasteiger partial charge in [0.05, 0.1) is 28.6 Å². The number of thioether (sulfide) groups is 1. The predicted octanol–water partition coefficient (Wildman–Crippen LogP) is 7.10. The summed E-state index contributed by atoms with van der Waals surface area (Å²) in [4.78, 5) is 15.8. The van der Waals surface area contributed by atoms with E-state index in [2.05, 4.69) is 9.72 Å². The van der Waals surface area contributed by atoms with Crippen molar-refractivity contribution in [1.82, 2.24) is 4.98 Å².